The Morgan fingerprint density at radius 2 is 1.55 bits per heavy atom. The summed E-state index contributed by atoms with van der Waals surface area (Å²) in [4.78, 5) is 12.9. The summed E-state index contributed by atoms with van der Waals surface area (Å²) in [5.41, 5.74) is 3.08. The fraction of sp³-hybridized carbons (Fsp3) is 0.125. The molecule has 8 heteroatoms. The molecular weight excluding hydrogens is 592 g/mol. The maximum Gasteiger partial charge on any atom is 0.266 e. The third kappa shape index (κ3) is 8.12. The van der Waals surface area contributed by atoms with Gasteiger partial charge in [0.05, 0.1) is 6.61 Å². The molecule has 6 nitrogen and oxygen atoms in total. The van der Waals surface area contributed by atoms with E-state index >= 15 is 0 Å². The summed E-state index contributed by atoms with van der Waals surface area (Å²) in [6.45, 7) is 3.05. The highest BCUT2D eigenvalue weighted by Crippen LogP contribution is 2.35. The van der Waals surface area contributed by atoms with Crippen molar-refractivity contribution in [2.75, 3.05) is 11.9 Å². The lowest BCUT2D eigenvalue weighted by atomic mass is 10.1. The molecule has 4 rings (SSSR count). The van der Waals surface area contributed by atoms with Crippen LogP contribution in [0.15, 0.2) is 101 Å². The van der Waals surface area contributed by atoms with Crippen LogP contribution in [0.4, 0.5) is 5.69 Å². The molecule has 1 amide bonds. The lowest BCUT2D eigenvalue weighted by Crippen LogP contribution is -2.13. The van der Waals surface area contributed by atoms with E-state index < -0.39 is 5.91 Å². The molecule has 0 unspecified atom stereocenters. The van der Waals surface area contributed by atoms with E-state index in [0.29, 0.717) is 57.8 Å². The number of anilines is 1. The van der Waals surface area contributed by atoms with Crippen molar-refractivity contribution in [2.24, 2.45) is 0 Å². The molecule has 0 fully saturated rings. The van der Waals surface area contributed by atoms with Gasteiger partial charge in [-0.3, -0.25) is 4.79 Å². The van der Waals surface area contributed by atoms with Gasteiger partial charge in [-0.15, -0.1) is 0 Å². The number of nitrogens with one attached hydrogen (secondary N) is 1. The van der Waals surface area contributed by atoms with Crippen molar-refractivity contribution in [3.8, 4) is 23.3 Å². The van der Waals surface area contributed by atoms with Gasteiger partial charge in [0.1, 0.15) is 30.6 Å². The zero-order valence-electron chi connectivity index (χ0n) is 21.7. The molecule has 0 aliphatic rings. The maximum absolute atomic E-state index is 12.9. The first-order valence-electron chi connectivity index (χ1n) is 12.5. The molecule has 0 aliphatic heterocycles. The number of nitriles is 1. The van der Waals surface area contributed by atoms with Gasteiger partial charge in [0.25, 0.3) is 5.91 Å². The number of carbonyl (C=O) groups excluding carboxylic acids is 1. The van der Waals surface area contributed by atoms with Crippen LogP contribution in [-0.4, -0.2) is 12.5 Å². The van der Waals surface area contributed by atoms with Gasteiger partial charge in [-0.05, 0) is 78.2 Å². The van der Waals surface area contributed by atoms with Crippen molar-refractivity contribution in [3.63, 3.8) is 0 Å². The minimum absolute atomic E-state index is 0.0672. The fourth-order valence-electron chi connectivity index (χ4n) is 3.66. The smallest absolute Gasteiger partial charge is 0.266 e. The van der Waals surface area contributed by atoms with Crippen molar-refractivity contribution < 1.29 is 19.0 Å². The van der Waals surface area contributed by atoms with Gasteiger partial charge >= 0.3 is 0 Å². The normalized spacial score (nSPS) is 10.9. The second-order valence-electron chi connectivity index (χ2n) is 8.59. The summed E-state index contributed by atoms with van der Waals surface area (Å²) < 4.78 is 18.2. The SMILES string of the molecule is CCOc1cc(/C=C(\C#N)C(=O)Nc2ccc(OCc3ccccc3)cc2)c(Br)cc1OCc1ccc(Cl)cc1. The quantitative estimate of drug-likeness (QED) is 0.136. The Hall–Kier alpha value is -4.25. The van der Waals surface area contributed by atoms with Crippen molar-refractivity contribution in [1.82, 2.24) is 0 Å². The standard InChI is InChI=1S/C32H26BrClN2O4/c1-2-38-30-17-24(29(33)18-31(30)40-21-23-8-10-26(34)11-9-23)16-25(19-35)32(37)36-27-12-14-28(15-13-27)39-20-22-6-4-3-5-7-22/h3-18H,2,20-21H2,1H3,(H,36,37)/b25-16+. The molecule has 0 aromatic heterocycles. The third-order valence-electron chi connectivity index (χ3n) is 5.70. The van der Waals surface area contributed by atoms with Crippen molar-refractivity contribution in [2.45, 2.75) is 20.1 Å². The second kappa shape index (κ2) is 14.2. The van der Waals surface area contributed by atoms with E-state index in [1.165, 1.54) is 6.08 Å². The summed E-state index contributed by atoms with van der Waals surface area (Å²) in [6, 6.07) is 29.7. The monoisotopic (exact) mass is 616 g/mol. The van der Waals surface area contributed by atoms with Crippen LogP contribution in [0.5, 0.6) is 17.2 Å². The van der Waals surface area contributed by atoms with Crippen LogP contribution in [0.2, 0.25) is 5.02 Å². The van der Waals surface area contributed by atoms with Gasteiger partial charge < -0.3 is 19.5 Å². The molecule has 202 valence electrons. The van der Waals surface area contributed by atoms with Crippen molar-refractivity contribution in [1.29, 1.82) is 5.26 Å². The Morgan fingerprint density at radius 3 is 2.23 bits per heavy atom. The number of halogens is 2. The van der Waals surface area contributed by atoms with Crippen LogP contribution in [0.25, 0.3) is 6.08 Å². The van der Waals surface area contributed by atoms with Crippen LogP contribution >= 0.6 is 27.5 Å². The number of carbonyl (C=O) groups is 1. The molecule has 0 spiro atoms. The average molecular weight is 618 g/mol. The van der Waals surface area contributed by atoms with Gasteiger partial charge in [0, 0.05) is 15.2 Å². The second-order valence-corrected chi connectivity index (χ2v) is 9.88. The van der Waals surface area contributed by atoms with Crippen molar-refractivity contribution in [3.05, 3.63) is 123 Å². The third-order valence-corrected chi connectivity index (χ3v) is 6.63. The van der Waals surface area contributed by atoms with Crippen molar-refractivity contribution >= 4 is 45.2 Å². The predicted octanol–water partition coefficient (Wildman–Crippen LogP) is 8.20. The highest BCUT2D eigenvalue weighted by Gasteiger charge is 2.15. The fourth-order valence-corrected chi connectivity index (χ4v) is 4.23. The van der Waals surface area contributed by atoms with Crippen LogP contribution in [0.3, 0.4) is 0 Å². The van der Waals surface area contributed by atoms with Crippen LogP contribution < -0.4 is 19.5 Å². The summed E-state index contributed by atoms with van der Waals surface area (Å²) in [5, 5.41) is 13.1. The van der Waals surface area contributed by atoms with Gasteiger partial charge in [0.2, 0.25) is 0 Å². The summed E-state index contributed by atoms with van der Waals surface area (Å²) in [7, 11) is 0. The Morgan fingerprint density at radius 1 is 0.900 bits per heavy atom. The van der Waals surface area contributed by atoms with Crippen LogP contribution in [0, 0.1) is 11.3 Å². The molecule has 0 aliphatic carbocycles. The lowest BCUT2D eigenvalue weighted by Gasteiger charge is -2.14. The zero-order valence-corrected chi connectivity index (χ0v) is 24.0. The Bertz CT molecular complexity index is 1520. The predicted molar refractivity (Wildman–Crippen MR) is 161 cm³/mol. The van der Waals surface area contributed by atoms with E-state index in [2.05, 4.69) is 21.2 Å². The topological polar surface area (TPSA) is 80.6 Å². The highest BCUT2D eigenvalue weighted by atomic mass is 79.9. The van der Waals surface area contributed by atoms with Gasteiger partial charge in [0.15, 0.2) is 11.5 Å². The highest BCUT2D eigenvalue weighted by molar-refractivity contribution is 9.10. The Balaban J connectivity index is 1.44. The van der Waals surface area contributed by atoms with Gasteiger partial charge in [-0.1, -0.05) is 70.0 Å². The number of amides is 1. The van der Waals surface area contributed by atoms with E-state index in [4.69, 9.17) is 25.8 Å². The minimum Gasteiger partial charge on any atom is -0.490 e. The number of ether oxygens (including phenoxy) is 3. The Labute approximate surface area is 246 Å². The van der Waals surface area contributed by atoms with E-state index in [-0.39, 0.29) is 5.57 Å². The number of rotatable bonds is 11. The van der Waals surface area contributed by atoms with E-state index in [1.54, 1.807) is 48.5 Å². The first kappa shape index (κ1) is 28.8. The number of hydrogen-bond acceptors (Lipinski definition) is 5. The minimum atomic E-state index is -0.534. The largest absolute Gasteiger partial charge is 0.490 e. The first-order chi connectivity index (χ1) is 19.4. The van der Waals surface area contributed by atoms with E-state index in [9.17, 15) is 10.1 Å². The zero-order chi connectivity index (χ0) is 28.3. The number of benzene rings is 4. The summed E-state index contributed by atoms with van der Waals surface area (Å²) in [6.07, 6.45) is 1.50. The van der Waals surface area contributed by atoms with E-state index in [0.717, 1.165) is 11.1 Å². The van der Waals surface area contributed by atoms with Gasteiger partial charge in [-0.2, -0.15) is 5.26 Å². The molecular formula is C32H26BrClN2O4. The average Bonchev–Trinajstić information content (AvgIpc) is 2.97. The van der Waals surface area contributed by atoms with Crippen LogP contribution in [0.1, 0.15) is 23.6 Å². The van der Waals surface area contributed by atoms with Gasteiger partial charge in [-0.25, -0.2) is 0 Å². The first-order valence-corrected chi connectivity index (χ1v) is 13.7. The lowest BCUT2D eigenvalue weighted by molar-refractivity contribution is -0.112. The molecule has 0 heterocycles. The number of nitrogens with zero attached hydrogens (tertiary/aromatic N) is 1. The Kier molecular flexibility index (Phi) is 10.2. The summed E-state index contributed by atoms with van der Waals surface area (Å²) >= 11 is 9.49. The molecule has 0 bridgehead atoms. The number of hydrogen-bond donors (Lipinski definition) is 1. The molecule has 4 aromatic carbocycles. The molecule has 0 atom stereocenters. The molecule has 0 saturated heterocycles. The molecule has 0 saturated carbocycles. The van der Waals surface area contributed by atoms with E-state index in [1.807, 2.05) is 55.5 Å². The molecule has 4 aromatic rings. The molecule has 40 heavy (non-hydrogen) atoms. The van der Waals surface area contributed by atoms with Crippen LogP contribution in [-0.2, 0) is 18.0 Å². The summed E-state index contributed by atoms with van der Waals surface area (Å²) in [5.74, 6) is 1.16. The molecule has 1 N–H and O–H groups in total. The maximum atomic E-state index is 12.9. The molecule has 0 radical (unpaired) electrons.